The first kappa shape index (κ1) is 24.4. The van der Waals surface area contributed by atoms with Gasteiger partial charge in [0.1, 0.15) is 0 Å². The predicted octanol–water partition coefficient (Wildman–Crippen LogP) is 3.65. The van der Waals surface area contributed by atoms with Crippen molar-refractivity contribution in [2.45, 2.75) is 19.8 Å². The topological polar surface area (TPSA) is 56.7 Å². The third kappa shape index (κ3) is 8.18. The van der Waals surface area contributed by atoms with E-state index >= 15 is 0 Å². The quantitative estimate of drug-likeness (QED) is 0.321. The number of thiophene rings is 1. The fourth-order valence-corrected chi connectivity index (χ4v) is 3.65. The number of hydrogen-bond acceptors (Lipinski definition) is 3. The van der Waals surface area contributed by atoms with Crippen molar-refractivity contribution < 1.29 is 4.79 Å². The molecule has 5 nitrogen and oxygen atoms in total. The van der Waals surface area contributed by atoms with Crippen molar-refractivity contribution >= 4 is 47.2 Å². The standard InChI is InChI=1S/C21H30N4OS.HI/c1-16(13-19-9-6-12-27-19)15-24-21(22-2)23-11-10-17-7-5-8-18(14-17)20(26)25(3)4;/h5-9,12,14,16H,10-11,13,15H2,1-4H3,(H2,22,23,24);1H. The van der Waals surface area contributed by atoms with Gasteiger partial charge in [0.25, 0.3) is 5.91 Å². The van der Waals surface area contributed by atoms with Crippen molar-refractivity contribution in [3.63, 3.8) is 0 Å². The molecule has 1 aromatic heterocycles. The number of halogens is 1. The largest absolute Gasteiger partial charge is 0.356 e. The summed E-state index contributed by atoms with van der Waals surface area (Å²) in [4.78, 5) is 19.4. The molecule has 0 spiro atoms. The Hall–Kier alpha value is -1.61. The highest BCUT2D eigenvalue weighted by Gasteiger charge is 2.09. The first-order chi connectivity index (χ1) is 13.0. The van der Waals surface area contributed by atoms with Crippen molar-refractivity contribution in [3.8, 4) is 0 Å². The van der Waals surface area contributed by atoms with Gasteiger partial charge in [0.15, 0.2) is 5.96 Å². The zero-order valence-electron chi connectivity index (χ0n) is 17.1. The van der Waals surface area contributed by atoms with E-state index in [2.05, 4.69) is 40.1 Å². The number of nitrogens with one attached hydrogen (secondary N) is 2. The first-order valence-electron chi connectivity index (χ1n) is 9.27. The molecule has 28 heavy (non-hydrogen) atoms. The molecule has 2 rings (SSSR count). The molecule has 0 saturated heterocycles. The summed E-state index contributed by atoms with van der Waals surface area (Å²) in [5.41, 5.74) is 1.86. The van der Waals surface area contributed by atoms with E-state index in [0.29, 0.717) is 5.92 Å². The van der Waals surface area contributed by atoms with Crippen LogP contribution in [-0.2, 0) is 12.8 Å². The Kier molecular flexibility index (Phi) is 11.1. The van der Waals surface area contributed by atoms with E-state index in [0.717, 1.165) is 43.0 Å². The molecule has 2 aromatic rings. The van der Waals surface area contributed by atoms with Crippen molar-refractivity contribution in [1.82, 2.24) is 15.5 Å². The Balaban J connectivity index is 0.00000392. The molecule has 1 atom stereocenters. The zero-order valence-corrected chi connectivity index (χ0v) is 20.2. The third-order valence-electron chi connectivity index (χ3n) is 4.26. The summed E-state index contributed by atoms with van der Waals surface area (Å²) in [5, 5.41) is 8.87. The maximum absolute atomic E-state index is 12.1. The van der Waals surface area contributed by atoms with Crippen molar-refractivity contribution in [2.24, 2.45) is 10.9 Å². The van der Waals surface area contributed by atoms with Gasteiger partial charge in [-0.05, 0) is 47.9 Å². The molecular formula is C21H31IN4OS. The van der Waals surface area contributed by atoms with Crippen molar-refractivity contribution in [3.05, 3.63) is 57.8 Å². The lowest BCUT2D eigenvalue weighted by Gasteiger charge is -2.16. The van der Waals surface area contributed by atoms with E-state index in [9.17, 15) is 4.79 Å². The van der Waals surface area contributed by atoms with E-state index in [1.165, 1.54) is 4.88 Å². The summed E-state index contributed by atoms with van der Waals surface area (Å²) in [6, 6.07) is 12.1. The van der Waals surface area contributed by atoms with Crippen LogP contribution in [0.4, 0.5) is 0 Å². The molecule has 154 valence electrons. The summed E-state index contributed by atoms with van der Waals surface area (Å²) in [5.74, 6) is 1.38. The first-order valence-corrected chi connectivity index (χ1v) is 10.1. The van der Waals surface area contributed by atoms with Crippen LogP contribution in [0.1, 0.15) is 27.7 Å². The lowest BCUT2D eigenvalue weighted by atomic mass is 10.1. The number of rotatable bonds is 8. The second-order valence-electron chi connectivity index (χ2n) is 6.92. The Bertz CT molecular complexity index is 747. The minimum absolute atomic E-state index is 0. The van der Waals surface area contributed by atoms with Crippen LogP contribution in [0.25, 0.3) is 0 Å². The van der Waals surface area contributed by atoms with Crippen LogP contribution < -0.4 is 10.6 Å². The summed E-state index contributed by atoms with van der Waals surface area (Å²) in [6.07, 6.45) is 1.91. The van der Waals surface area contributed by atoms with Crippen LogP contribution in [0.5, 0.6) is 0 Å². The normalized spacial score (nSPS) is 12.1. The van der Waals surface area contributed by atoms with Crippen molar-refractivity contribution in [1.29, 1.82) is 0 Å². The number of carbonyl (C=O) groups is 1. The number of amides is 1. The molecule has 0 bridgehead atoms. The molecule has 0 fully saturated rings. The number of aliphatic imine (C=N–C) groups is 1. The molecule has 1 unspecified atom stereocenters. The highest BCUT2D eigenvalue weighted by Crippen LogP contribution is 2.13. The molecule has 0 aliphatic carbocycles. The average Bonchev–Trinajstić information content (AvgIpc) is 3.17. The van der Waals surface area contributed by atoms with Gasteiger partial charge in [0, 0.05) is 44.7 Å². The molecule has 1 heterocycles. The maximum atomic E-state index is 12.1. The van der Waals surface area contributed by atoms with Crippen molar-refractivity contribution in [2.75, 3.05) is 34.2 Å². The number of benzene rings is 1. The van der Waals surface area contributed by atoms with Gasteiger partial charge in [-0.1, -0.05) is 25.1 Å². The van der Waals surface area contributed by atoms with E-state index in [4.69, 9.17) is 0 Å². The van der Waals surface area contributed by atoms with Crippen LogP contribution in [0.15, 0.2) is 46.8 Å². The average molecular weight is 514 g/mol. The number of hydrogen-bond donors (Lipinski definition) is 2. The van der Waals surface area contributed by atoms with E-state index in [-0.39, 0.29) is 29.9 Å². The van der Waals surface area contributed by atoms with Gasteiger partial charge < -0.3 is 15.5 Å². The summed E-state index contributed by atoms with van der Waals surface area (Å²) in [6.45, 7) is 3.89. The highest BCUT2D eigenvalue weighted by molar-refractivity contribution is 14.0. The predicted molar refractivity (Wildman–Crippen MR) is 130 cm³/mol. The second-order valence-corrected chi connectivity index (χ2v) is 7.95. The summed E-state index contributed by atoms with van der Waals surface area (Å²) in [7, 11) is 5.33. The molecule has 0 saturated carbocycles. The maximum Gasteiger partial charge on any atom is 0.253 e. The SMILES string of the molecule is CN=C(NCCc1cccc(C(=O)N(C)C)c1)NCC(C)Cc1cccs1.I. The fourth-order valence-electron chi connectivity index (χ4n) is 2.78. The van der Waals surface area contributed by atoms with Crippen LogP contribution in [-0.4, -0.2) is 51.0 Å². The van der Waals surface area contributed by atoms with Gasteiger partial charge in [0.05, 0.1) is 0 Å². The van der Waals surface area contributed by atoms with E-state index in [1.54, 1.807) is 37.4 Å². The molecule has 0 aliphatic rings. The molecule has 7 heteroatoms. The lowest BCUT2D eigenvalue weighted by Crippen LogP contribution is -2.40. The second kappa shape index (κ2) is 12.8. The molecular weight excluding hydrogens is 483 g/mol. The van der Waals surface area contributed by atoms with E-state index < -0.39 is 0 Å². The van der Waals surface area contributed by atoms with Gasteiger partial charge in [-0.3, -0.25) is 9.79 Å². The van der Waals surface area contributed by atoms with Crippen LogP contribution in [0.3, 0.4) is 0 Å². The Morgan fingerprint density at radius 2 is 2.00 bits per heavy atom. The molecule has 0 aliphatic heterocycles. The Labute approximate surface area is 189 Å². The highest BCUT2D eigenvalue weighted by atomic mass is 127. The Morgan fingerprint density at radius 1 is 1.21 bits per heavy atom. The minimum atomic E-state index is 0. The molecule has 0 radical (unpaired) electrons. The minimum Gasteiger partial charge on any atom is -0.356 e. The smallest absolute Gasteiger partial charge is 0.253 e. The van der Waals surface area contributed by atoms with E-state index in [1.807, 2.05) is 24.3 Å². The third-order valence-corrected chi connectivity index (χ3v) is 5.16. The monoisotopic (exact) mass is 514 g/mol. The summed E-state index contributed by atoms with van der Waals surface area (Å²) >= 11 is 1.81. The van der Waals surface area contributed by atoms with Crippen LogP contribution >= 0.6 is 35.3 Å². The molecule has 1 amide bonds. The number of carbonyl (C=O) groups excluding carboxylic acids is 1. The fraction of sp³-hybridized carbons (Fsp3) is 0.429. The van der Waals surface area contributed by atoms with Crippen LogP contribution in [0.2, 0.25) is 0 Å². The Morgan fingerprint density at radius 3 is 2.64 bits per heavy atom. The zero-order chi connectivity index (χ0) is 19.6. The molecule has 1 aromatic carbocycles. The van der Waals surface area contributed by atoms with Gasteiger partial charge in [-0.15, -0.1) is 35.3 Å². The van der Waals surface area contributed by atoms with Gasteiger partial charge in [-0.25, -0.2) is 0 Å². The van der Waals surface area contributed by atoms with Crippen LogP contribution in [0, 0.1) is 5.92 Å². The lowest BCUT2D eigenvalue weighted by molar-refractivity contribution is 0.0827. The number of nitrogens with zero attached hydrogens (tertiary/aromatic N) is 2. The number of guanidine groups is 1. The summed E-state index contributed by atoms with van der Waals surface area (Å²) < 4.78 is 0. The van der Waals surface area contributed by atoms with Gasteiger partial charge >= 0.3 is 0 Å². The van der Waals surface area contributed by atoms with Gasteiger partial charge in [-0.2, -0.15) is 0 Å². The van der Waals surface area contributed by atoms with Gasteiger partial charge in [0.2, 0.25) is 0 Å². The molecule has 2 N–H and O–H groups in total.